The second kappa shape index (κ2) is 5.02. The summed E-state index contributed by atoms with van der Waals surface area (Å²) in [6.07, 6.45) is 1.35. The monoisotopic (exact) mass is 294 g/mol. The molecule has 2 aliphatic rings. The molecule has 21 heavy (non-hydrogen) atoms. The Bertz CT molecular complexity index is 629. The van der Waals surface area contributed by atoms with E-state index in [0.29, 0.717) is 17.7 Å². The predicted octanol–water partition coefficient (Wildman–Crippen LogP) is 4.53. The first-order valence-corrected chi connectivity index (χ1v) is 7.06. The lowest BCUT2D eigenvalue weighted by molar-refractivity contribution is 0.293. The molecule has 1 fully saturated rings. The smallest absolute Gasteiger partial charge is 0.128 e. The van der Waals surface area contributed by atoms with Gasteiger partial charge in [-0.1, -0.05) is 25.1 Å². The zero-order valence-corrected chi connectivity index (χ0v) is 12.0. The number of hydrogen-bond donors (Lipinski definition) is 0. The maximum absolute atomic E-state index is 14.1. The Morgan fingerprint density at radius 3 is 2.62 bits per heavy atom. The average molecular weight is 294 g/mol. The number of ether oxygens (including phenoxy) is 1. The fourth-order valence-electron chi connectivity index (χ4n) is 2.97. The van der Waals surface area contributed by atoms with Gasteiger partial charge in [0.15, 0.2) is 0 Å². The van der Waals surface area contributed by atoms with Gasteiger partial charge >= 0.3 is 0 Å². The molecular formula is C17H17F3O. The lowest BCUT2D eigenvalue weighted by Crippen LogP contribution is -2.26. The van der Waals surface area contributed by atoms with Crippen molar-refractivity contribution in [1.29, 1.82) is 0 Å². The number of epoxide rings is 1. The van der Waals surface area contributed by atoms with Crippen LogP contribution in [0.3, 0.4) is 0 Å². The molecule has 1 heterocycles. The summed E-state index contributed by atoms with van der Waals surface area (Å²) in [7, 11) is 0. The second-order valence-electron chi connectivity index (χ2n) is 5.81. The second-order valence-corrected chi connectivity index (χ2v) is 5.81. The molecule has 1 nitrogen and oxygen atoms in total. The van der Waals surface area contributed by atoms with Gasteiger partial charge in [0.2, 0.25) is 0 Å². The van der Waals surface area contributed by atoms with E-state index < -0.39 is 17.6 Å². The van der Waals surface area contributed by atoms with Crippen molar-refractivity contribution in [2.24, 2.45) is 0 Å². The molecule has 1 aliphatic heterocycles. The zero-order valence-electron chi connectivity index (χ0n) is 12.0. The zero-order chi connectivity index (χ0) is 15.2. The molecule has 1 aromatic rings. The van der Waals surface area contributed by atoms with Crippen LogP contribution in [0.25, 0.3) is 0 Å². The highest BCUT2D eigenvalue weighted by molar-refractivity contribution is 5.46. The van der Waals surface area contributed by atoms with Crippen molar-refractivity contribution in [3.8, 4) is 0 Å². The largest absolute Gasteiger partial charge is 0.364 e. The average Bonchev–Trinajstić information content (AvgIpc) is 3.19. The molecule has 4 heteroatoms. The number of aryl methyl sites for hydroxylation is 1. The molecule has 1 aromatic carbocycles. The highest BCUT2D eigenvalue weighted by Crippen LogP contribution is 2.51. The van der Waals surface area contributed by atoms with E-state index in [1.54, 1.807) is 6.07 Å². The fraction of sp³-hybridized carbons (Fsp3) is 0.412. The first-order valence-electron chi connectivity index (χ1n) is 7.06. The third kappa shape index (κ3) is 2.42. The van der Waals surface area contributed by atoms with Crippen LogP contribution >= 0.6 is 0 Å². The fourth-order valence-corrected chi connectivity index (χ4v) is 2.97. The van der Waals surface area contributed by atoms with E-state index >= 15 is 0 Å². The molecule has 0 aromatic heterocycles. The molecule has 0 bridgehead atoms. The lowest BCUT2D eigenvalue weighted by Gasteiger charge is -2.25. The molecule has 3 unspecified atom stereocenters. The first kappa shape index (κ1) is 14.4. The molecule has 0 saturated carbocycles. The van der Waals surface area contributed by atoms with Crippen molar-refractivity contribution in [2.45, 2.75) is 38.0 Å². The van der Waals surface area contributed by atoms with Gasteiger partial charge in [-0.25, -0.2) is 13.2 Å². The van der Waals surface area contributed by atoms with Crippen LogP contribution in [-0.4, -0.2) is 18.4 Å². The SMILES string of the molecule is Cc1ccc(C(C)C2(C3=CCC(F)C=C3F)CO2)c(F)c1. The maximum atomic E-state index is 14.1. The standard InChI is InChI=1S/C17H17F3O/c1-10-3-5-13(15(19)7-10)11(2)17(9-21-17)14-6-4-12(18)8-16(14)20/h3,5-8,11-12H,4,9H2,1-2H3. The van der Waals surface area contributed by atoms with Gasteiger partial charge in [0.1, 0.15) is 23.4 Å². The molecule has 112 valence electrons. The number of halogens is 3. The van der Waals surface area contributed by atoms with E-state index in [4.69, 9.17) is 4.74 Å². The van der Waals surface area contributed by atoms with E-state index in [1.807, 2.05) is 19.9 Å². The van der Waals surface area contributed by atoms with Crippen LogP contribution in [0.2, 0.25) is 0 Å². The van der Waals surface area contributed by atoms with Crippen molar-refractivity contribution in [3.05, 3.63) is 58.7 Å². The summed E-state index contributed by atoms with van der Waals surface area (Å²) in [5.41, 5.74) is 0.812. The van der Waals surface area contributed by atoms with E-state index in [0.717, 1.165) is 11.6 Å². The van der Waals surface area contributed by atoms with Crippen LogP contribution in [0.5, 0.6) is 0 Å². The summed E-state index contributed by atoms with van der Waals surface area (Å²) >= 11 is 0. The third-order valence-corrected chi connectivity index (χ3v) is 4.36. The van der Waals surface area contributed by atoms with Gasteiger partial charge in [-0.15, -0.1) is 0 Å². The van der Waals surface area contributed by atoms with Gasteiger partial charge in [0, 0.05) is 17.9 Å². The highest BCUT2D eigenvalue weighted by atomic mass is 19.1. The van der Waals surface area contributed by atoms with Crippen LogP contribution in [0.15, 0.2) is 41.8 Å². The summed E-state index contributed by atoms with van der Waals surface area (Å²) in [6, 6.07) is 4.99. The van der Waals surface area contributed by atoms with Gasteiger partial charge in [-0.3, -0.25) is 0 Å². The molecule has 1 aliphatic carbocycles. The Hall–Kier alpha value is -1.55. The minimum atomic E-state index is -1.30. The van der Waals surface area contributed by atoms with Gasteiger partial charge in [0.25, 0.3) is 0 Å². The summed E-state index contributed by atoms with van der Waals surface area (Å²) in [4.78, 5) is 0. The summed E-state index contributed by atoms with van der Waals surface area (Å²) in [5, 5.41) is 0. The van der Waals surface area contributed by atoms with Crippen molar-refractivity contribution >= 4 is 0 Å². The maximum Gasteiger partial charge on any atom is 0.128 e. The molecule has 3 rings (SSSR count). The molecule has 1 saturated heterocycles. The van der Waals surface area contributed by atoms with E-state index in [1.165, 1.54) is 12.1 Å². The Kier molecular flexibility index (Phi) is 3.44. The van der Waals surface area contributed by atoms with E-state index in [2.05, 4.69) is 0 Å². The molecule has 0 amide bonds. The quantitative estimate of drug-likeness (QED) is 0.746. The van der Waals surface area contributed by atoms with Crippen LogP contribution in [0.1, 0.15) is 30.4 Å². The lowest BCUT2D eigenvalue weighted by atomic mass is 9.80. The molecule has 0 radical (unpaired) electrons. The number of hydrogen-bond acceptors (Lipinski definition) is 1. The first-order chi connectivity index (χ1) is 9.94. The highest BCUT2D eigenvalue weighted by Gasteiger charge is 2.55. The van der Waals surface area contributed by atoms with Gasteiger partial charge < -0.3 is 4.74 Å². The normalized spacial score (nSPS) is 29.7. The van der Waals surface area contributed by atoms with Crippen molar-refractivity contribution in [3.63, 3.8) is 0 Å². The summed E-state index contributed by atoms with van der Waals surface area (Å²) in [6.45, 7) is 3.95. The van der Waals surface area contributed by atoms with Crippen LogP contribution in [0.4, 0.5) is 13.2 Å². The minimum absolute atomic E-state index is 0.136. The van der Waals surface area contributed by atoms with Crippen LogP contribution < -0.4 is 0 Å². The van der Waals surface area contributed by atoms with Crippen molar-refractivity contribution in [1.82, 2.24) is 0 Å². The number of allylic oxidation sites excluding steroid dienone is 2. The van der Waals surface area contributed by atoms with Crippen LogP contribution in [0, 0.1) is 12.7 Å². The Morgan fingerprint density at radius 1 is 1.33 bits per heavy atom. The summed E-state index contributed by atoms with van der Waals surface area (Å²) < 4.78 is 46.9. The van der Waals surface area contributed by atoms with Gasteiger partial charge in [0.05, 0.1) is 6.61 Å². The predicted molar refractivity (Wildman–Crippen MR) is 75.0 cm³/mol. The van der Waals surface area contributed by atoms with Gasteiger partial charge in [-0.05, 0) is 30.2 Å². The molecule has 3 atom stereocenters. The van der Waals surface area contributed by atoms with Gasteiger partial charge in [-0.2, -0.15) is 0 Å². The number of benzene rings is 1. The molecule has 0 spiro atoms. The van der Waals surface area contributed by atoms with E-state index in [9.17, 15) is 13.2 Å². The topological polar surface area (TPSA) is 12.5 Å². The number of rotatable bonds is 3. The van der Waals surface area contributed by atoms with E-state index in [-0.39, 0.29) is 18.2 Å². The number of alkyl halides is 1. The Labute approximate surface area is 122 Å². The summed E-state index contributed by atoms with van der Waals surface area (Å²) in [5.74, 6) is -1.24. The minimum Gasteiger partial charge on any atom is -0.364 e. The Morgan fingerprint density at radius 2 is 2.05 bits per heavy atom. The van der Waals surface area contributed by atoms with Crippen molar-refractivity contribution in [2.75, 3.05) is 6.61 Å². The molecule has 0 N–H and O–H groups in total. The third-order valence-electron chi connectivity index (χ3n) is 4.36. The Balaban J connectivity index is 1.94. The van der Waals surface area contributed by atoms with Crippen LogP contribution in [-0.2, 0) is 4.74 Å². The molecular weight excluding hydrogens is 277 g/mol. The van der Waals surface area contributed by atoms with Crippen molar-refractivity contribution < 1.29 is 17.9 Å².